The SMILES string of the molecule is C=C(C)C(=O)OCCN(CCc1ccc(O)c(O)c1)CC(=C)C(N)=O. The molecule has 0 unspecified atom stereocenters. The van der Waals surface area contributed by atoms with E-state index in [9.17, 15) is 19.8 Å². The van der Waals surface area contributed by atoms with Crippen molar-refractivity contribution in [1.29, 1.82) is 0 Å². The largest absolute Gasteiger partial charge is 0.504 e. The van der Waals surface area contributed by atoms with E-state index in [-0.39, 0.29) is 30.2 Å². The number of phenolic OH excluding ortho intramolecular Hbond substituents is 2. The first kappa shape index (κ1) is 20.2. The molecule has 0 radical (unpaired) electrons. The van der Waals surface area contributed by atoms with Gasteiger partial charge >= 0.3 is 5.97 Å². The number of benzene rings is 1. The van der Waals surface area contributed by atoms with E-state index in [0.717, 1.165) is 5.56 Å². The van der Waals surface area contributed by atoms with Crippen LogP contribution in [-0.2, 0) is 20.7 Å². The summed E-state index contributed by atoms with van der Waals surface area (Å²) in [6.45, 7) is 9.98. The van der Waals surface area contributed by atoms with Gasteiger partial charge in [0.2, 0.25) is 5.91 Å². The summed E-state index contributed by atoms with van der Waals surface area (Å²) >= 11 is 0. The van der Waals surface area contributed by atoms with Crippen LogP contribution in [0.4, 0.5) is 0 Å². The van der Waals surface area contributed by atoms with E-state index < -0.39 is 11.9 Å². The molecule has 0 aliphatic carbocycles. The number of amides is 1. The number of nitrogens with two attached hydrogens (primary N) is 1. The Hall–Kier alpha value is -2.80. The second-order valence-electron chi connectivity index (χ2n) is 5.73. The second-order valence-corrected chi connectivity index (χ2v) is 5.73. The van der Waals surface area contributed by atoms with E-state index in [1.165, 1.54) is 12.1 Å². The highest BCUT2D eigenvalue weighted by Gasteiger charge is 2.12. The lowest BCUT2D eigenvalue weighted by Gasteiger charge is -2.22. The molecule has 4 N–H and O–H groups in total. The minimum absolute atomic E-state index is 0.137. The van der Waals surface area contributed by atoms with Gasteiger partial charge in [-0.15, -0.1) is 0 Å². The number of aromatic hydroxyl groups is 2. The average Bonchev–Trinajstić information content (AvgIpc) is 2.54. The van der Waals surface area contributed by atoms with Gasteiger partial charge in [0.15, 0.2) is 11.5 Å². The molecule has 0 saturated heterocycles. The number of rotatable bonds is 10. The zero-order valence-electron chi connectivity index (χ0n) is 14.3. The molecule has 136 valence electrons. The summed E-state index contributed by atoms with van der Waals surface area (Å²) in [5.74, 6) is -1.45. The number of primary amides is 1. The third-order valence-electron chi connectivity index (χ3n) is 3.51. The molecule has 1 aromatic rings. The summed E-state index contributed by atoms with van der Waals surface area (Å²) in [7, 11) is 0. The van der Waals surface area contributed by atoms with Crippen LogP contribution in [0, 0.1) is 0 Å². The number of carbonyl (C=O) groups excluding carboxylic acids is 2. The van der Waals surface area contributed by atoms with Gasteiger partial charge in [0.1, 0.15) is 6.61 Å². The molecule has 0 saturated carbocycles. The predicted octanol–water partition coefficient (Wildman–Crippen LogP) is 1.10. The molecule has 0 aliphatic rings. The molecule has 0 atom stereocenters. The highest BCUT2D eigenvalue weighted by atomic mass is 16.5. The van der Waals surface area contributed by atoms with Crippen molar-refractivity contribution in [2.24, 2.45) is 5.73 Å². The molecule has 1 aromatic carbocycles. The molecule has 0 aromatic heterocycles. The van der Waals surface area contributed by atoms with Crippen molar-refractivity contribution in [3.63, 3.8) is 0 Å². The van der Waals surface area contributed by atoms with Crippen molar-refractivity contribution in [2.45, 2.75) is 13.3 Å². The maximum Gasteiger partial charge on any atom is 0.333 e. The van der Waals surface area contributed by atoms with E-state index in [1.807, 2.05) is 4.90 Å². The summed E-state index contributed by atoms with van der Waals surface area (Å²) in [5, 5.41) is 18.9. The van der Waals surface area contributed by atoms with E-state index in [0.29, 0.717) is 25.1 Å². The van der Waals surface area contributed by atoms with Gasteiger partial charge in [0.25, 0.3) is 0 Å². The van der Waals surface area contributed by atoms with E-state index in [1.54, 1.807) is 13.0 Å². The Morgan fingerprint density at radius 1 is 1.20 bits per heavy atom. The summed E-state index contributed by atoms with van der Waals surface area (Å²) in [4.78, 5) is 24.5. The van der Waals surface area contributed by atoms with Gasteiger partial charge in [0, 0.05) is 30.8 Å². The van der Waals surface area contributed by atoms with Crippen molar-refractivity contribution in [1.82, 2.24) is 4.90 Å². The fourth-order valence-corrected chi connectivity index (χ4v) is 2.02. The molecule has 0 bridgehead atoms. The number of esters is 1. The first-order valence-corrected chi connectivity index (χ1v) is 7.74. The van der Waals surface area contributed by atoms with Crippen LogP contribution in [0.1, 0.15) is 12.5 Å². The maximum atomic E-state index is 11.4. The van der Waals surface area contributed by atoms with Gasteiger partial charge in [0.05, 0.1) is 0 Å². The van der Waals surface area contributed by atoms with Crippen LogP contribution in [0.2, 0.25) is 0 Å². The smallest absolute Gasteiger partial charge is 0.333 e. The van der Waals surface area contributed by atoms with Crippen molar-refractivity contribution < 1.29 is 24.5 Å². The Morgan fingerprint density at radius 2 is 1.88 bits per heavy atom. The molecule has 0 aliphatic heterocycles. The molecule has 25 heavy (non-hydrogen) atoms. The summed E-state index contributed by atoms with van der Waals surface area (Å²) in [6, 6.07) is 4.57. The Balaban J connectivity index is 2.64. The highest BCUT2D eigenvalue weighted by molar-refractivity contribution is 5.91. The molecular weight excluding hydrogens is 324 g/mol. The van der Waals surface area contributed by atoms with Crippen molar-refractivity contribution in [3.8, 4) is 11.5 Å². The Kier molecular flexibility index (Phi) is 7.68. The summed E-state index contributed by atoms with van der Waals surface area (Å²) < 4.78 is 5.06. The number of hydrogen-bond donors (Lipinski definition) is 3. The Bertz CT molecular complexity index is 669. The first-order valence-electron chi connectivity index (χ1n) is 7.74. The Morgan fingerprint density at radius 3 is 2.44 bits per heavy atom. The first-order chi connectivity index (χ1) is 11.7. The maximum absolute atomic E-state index is 11.4. The number of hydrogen-bond acceptors (Lipinski definition) is 6. The molecular formula is C18H24N2O5. The van der Waals surface area contributed by atoms with Crippen LogP contribution in [0.5, 0.6) is 11.5 Å². The normalized spacial score (nSPS) is 10.5. The Labute approximate surface area is 147 Å². The number of phenols is 2. The fourth-order valence-electron chi connectivity index (χ4n) is 2.02. The van der Waals surface area contributed by atoms with Gasteiger partial charge in [-0.3, -0.25) is 9.69 Å². The topological polar surface area (TPSA) is 113 Å². The number of carbonyl (C=O) groups is 2. The number of ether oxygens (including phenoxy) is 1. The van der Waals surface area contributed by atoms with Gasteiger partial charge in [-0.1, -0.05) is 19.2 Å². The molecule has 7 nitrogen and oxygen atoms in total. The molecule has 1 rings (SSSR count). The van der Waals surface area contributed by atoms with Gasteiger partial charge < -0.3 is 20.7 Å². The average molecular weight is 348 g/mol. The van der Waals surface area contributed by atoms with Crippen LogP contribution in [0.3, 0.4) is 0 Å². The monoisotopic (exact) mass is 348 g/mol. The molecule has 1 amide bonds. The molecule has 0 spiro atoms. The van der Waals surface area contributed by atoms with Crippen molar-refractivity contribution >= 4 is 11.9 Å². The third kappa shape index (κ3) is 7.09. The summed E-state index contributed by atoms with van der Waals surface area (Å²) in [6.07, 6.45) is 0.550. The van der Waals surface area contributed by atoms with Crippen molar-refractivity contribution in [3.05, 3.63) is 48.1 Å². The molecule has 0 fully saturated rings. The standard InChI is InChI=1S/C18H24N2O5/c1-12(2)18(24)25-9-8-20(11-13(3)17(19)23)7-6-14-4-5-15(21)16(22)10-14/h4-5,10,21-22H,1,3,6-9,11H2,2H3,(H2,19,23). The van der Waals surface area contributed by atoms with Crippen LogP contribution in [-0.4, -0.2) is 53.2 Å². The second kappa shape index (κ2) is 9.48. The fraction of sp³-hybridized carbons (Fsp3) is 0.333. The van der Waals surface area contributed by atoms with Crippen LogP contribution >= 0.6 is 0 Å². The van der Waals surface area contributed by atoms with Gasteiger partial charge in [-0.05, 0) is 31.0 Å². The van der Waals surface area contributed by atoms with Gasteiger partial charge in [-0.2, -0.15) is 0 Å². The van der Waals surface area contributed by atoms with Crippen LogP contribution in [0.15, 0.2) is 42.5 Å². The zero-order valence-corrected chi connectivity index (χ0v) is 14.3. The highest BCUT2D eigenvalue weighted by Crippen LogP contribution is 2.25. The van der Waals surface area contributed by atoms with Crippen LogP contribution < -0.4 is 5.73 Å². The lowest BCUT2D eigenvalue weighted by molar-refractivity contribution is -0.139. The summed E-state index contributed by atoms with van der Waals surface area (Å²) in [5.41, 5.74) is 6.59. The zero-order chi connectivity index (χ0) is 19.0. The minimum atomic E-state index is -0.591. The van der Waals surface area contributed by atoms with Gasteiger partial charge in [-0.25, -0.2) is 4.79 Å². The molecule has 0 heterocycles. The lowest BCUT2D eigenvalue weighted by atomic mass is 10.1. The minimum Gasteiger partial charge on any atom is -0.504 e. The van der Waals surface area contributed by atoms with E-state index >= 15 is 0 Å². The van der Waals surface area contributed by atoms with E-state index in [2.05, 4.69) is 13.2 Å². The molecule has 7 heteroatoms. The predicted molar refractivity (Wildman–Crippen MR) is 94.0 cm³/mol. The number of nitrogens with zero attached hydrogens (tertiary/aromatic N) is 1. The van der Waals surface area contributed by atoms with Crippen LogP contribution in [0.25, 0.3) is 0 Å². The quantitative estimate of drug-likeness (QED) is 0.332. The lowest BCUT2D eigenvalue weighted by Crippen LogP contribution is -2.34. The van der Waals surface area contributed by atoms with Crippen molar-refractivity contribution in [2.75, 3.05) is 26.2 Å². The third-order valence-corrected chi connectivity index (χ3v) is 3.51. The van der Waals surface area contributed by atoms with E-state index in [4.69, 9.17) is 10.5 Å².